The predicted molar refractivity (Wildman–Crippen MR) is 130 cm³/mol. The van der Waals surface area contributed by atoms with Crippen LogP contribution in [0.15, 0.2) is 47.4 Å². The van der Waals surface area contributed by atoms with E-state index in [4.69, 9.17) is 5.73 Å². The monoisotopic (exact) mass is 483 g/mol. The van der Waals surface area contributed by atoms with Crippen molar-refractivity contribution in [2.24, 2.45) is 5.73 Å². The highest BCUT2D eigenvalue weighted by atomic mass is 32.2. The van der Waals surface area contributed by atoms with Crippen molar-refractivity contribution in [2.75, 3.05) is 18.4 Å². The van der Waals surface area contributed by atoms with Crippen LogP contribution in [0.1, 0.15) is 48.8 Å². The standard InChI is InChI=1S/C24H29N5O4S/c1-2-13-29-21-10-9-17(34(32,33)28-14-5-6-15-28)16-20(21)26-22(29)11-12-23(30)27-19-8-4-3-7-18(19)24(25)31/h3-4,7-10,16H,2,5-6,11-15H2,1H3,(H2,25,31)(H,27,30). The van der Waals surface area contributed by atoms with E-state index >= 15 is 0 Å². The Balaban J connectivity index is 1.55. The van der Waals surface area contributed by atoms with E-state index in [1.807, 2.05) is 4.57 Å². The van der Waals surface area contributed by atoms with E-state index in [2.05, 4.69) is 17.2 Å². The van der Waals surface area contributed by atoms with Gasteiger partial charge in [-0.05, 0) is 49.6 Å². The molecule has 4 rings (SSSR count). The van der Waals surface area contributed by atoms with Gasteiger partial charge in [0, 0.05) is 32.5 Å². The first kappa shape index (κ1) is 23.9. The number of aryl methyl sites for hydroxylation is 2. The van der Waals surface area contributed by atoms with Gasteiger partial charge < -0.3 is 15.6 Å². The molecule has 2 aromatic carbocycles. The number of amides is 2. The number of fused-ring (bicyclic) bond motifs is 1. The number of para-hydroxylation sites is 1. The molecule has 0 unspecified atom stereocenters. The second-order valence-corrected chi connectivity index (χ2v) is 10.3. The van der Waals surface area contributed by atoms with Crippen molar-refractivity contribution in [2.45, 2.75) is 50.5 Å². The zero-order chi connectivity index (χ0) is 24.3. The Labute approximate surface area is 199 Å². The van der Waals surface area contributed by atoms with Gasteiger partial charge in [0.1, 0.15) is 5.82 Å². The third-order valence-corrected chi connectivity index (χ3v) is 7.89. The molecule has 0 bridgehead atoms. The third kappa shape index (κ3) is 4.83. The van der Waals surface area contributed by atoms with Crippen LogP contribution in [0.5, 0.6) is 0 Å². The zero-order valence-electron chi connectivity index (χ0n) is 19.2. The second-order valence-electron chi connectivity index (χ2n) is 8.40. The lowest BCUT2D eigenvalue weighted by Gasteiger charge is -2.15. The third-order valence-electron chi connectivity index (χ3n) is 5.99. The largest absolute Gasteiger partial charge is 0.366 e. The molecule has 3 N–H and O–H groups in total. The molecule has 2 heterocycles. The Morgan fingerprint density at radius 1 is 1.12 bits per heavy atom. The van der Waals surface area contributed by atoms with Gasteiger partial charge in [0.2, 0.25) is 15.9 Å². The first-order valence-corrected chi connectivity index (χ1v) is 12.9. The van der Waals surface area contributed by atoms with Crippen LogP contribution in [0.4, 0.5) is 5.69 Å². The lowest BCUT2D eigenvalue weighted by molar-refractivity contribution is -0.116. The fraction of sp³-hybridized carbons (Fsp3) is 0.375. The zero-order valence-corrected chi connectivity index (χ0v) is 20.0. The van der Waals surface area contributed by atoms with Gasteiger partial charge >= 0.3 is 0 Å². The maximum absolute atomic E-state index is 13.0. The van der Waals surface area contributed by atoms with Crippen molar-refractivity contribution >= 4 is 38.6 Å². The van der Waals surface area contributed by atoms with Crippen molar-refractivity contribution in [3.8, 4) is 0 Å². The predicted octanol–water partition coefficient (Wildman–Crippen LogP) is 2.90. The molecule has 1 aliphatic rings. The smallest absolute Gasteiger partial charge is 0.250 e. The van der Waals surface area contributed by atoms with E-state index in [-0.39, 0.29) is 22.8 Å². The first-order chi connectivity index (χ1) is 16.3. The van der Waals surface area contributed by atoms with E-state index < -0.39 is 15.9 Å². The van der Waals surface area contributed by atoms with E-state index in [0.717, 1.165) is 24.8 Å². The minimum Gasteiger partial charge on any atom is -0.366 e. The number of rotatable bonds is 9. The Kier molecular flexibility index (Phi) is 6.99. The normalized spacial score (nSPS) is 14.5. The number of anilines is 1. The molecular formula is C24H29N5O4S. The topological polar surface area (TPSA) is 127 Å². The van der Waals surface area contributed by atoms with E-state index in [9.17, 15) is 18.0 Å². The molecule has 2 amide bonds. The first-order valence-electron chi connectivity index (χ1n) is 11.5. The highest BCUT2D eigenvalue weighted by Gasteiger charge is 2.28. The van der Waals surface area contributed by atoms with Crippen molar-refractivity contribution in [3.05, 3.63) is 53.9 Å². The quantitative estimate of drug-likeness (QED) is 0.484. The minimum absolute atomic E-state index is 0.152. The summed E-state index contributed by atoms with van der Waals surface area (Å²) in [5.74, 6) is -0.160. The summed E-state index contributed by atoms with van der Waals surface area (Å²) < 4.78 is 29.5. The summed E-state index contributed by atoms with van der Waals surface area (Å²) in [4.78, 5) is 29.1. The molecule has 1 saturated heterocycles. The molecule has 0 spiro atoms. The SMILES string of the molecule is CCCn1c(CCC(=O)Nc2ccccc2C(N)=O)nc2cc(S(=O)(=O)N3CCCC3)ccc21. The summed E-state index contributed by atoms with van der Waals surface area (Å²) in [6, 6.07) is 11.7. The Morgan fingerprint density at radius 2 is 1.85 bits per heavy atom. The van der Waals surface area contributed by atoms with E-state index in [1.165, 1.54) is 4.31 Å². The van der Waals surface area contributed by atoms with Gasteiger partial charge in [-0.2, -0.15) is 4.31 Å². The average Bonchev–Trinajstić information content (AvgIpc) is 3.47. The summed E-state index contributed by atoms with van der Waals surface area (Å²) in [5, 5.41) is 2.75. The molecule has 1 fully saturated rings. The Morgan fingerprint density at radius 3 is 2.56 bits per heavy atom. The van der Waals surface area contributed by atoms with Crippen LogP contribution >= 0.6 is 0 Å². The van der Waals surface area contributed by atoms with Crippen LogP contribution < -0.4 is 11.1 Å². The number of nitrogens with one attached hydrogen (secondary N) is 1. The number of nitrogens with zero attached hydrogens (tertiary/aromatic N) is 3. The Bertz CT molecular complexity index is 1330. The number of imidazole rings is 1. The summed E-state index contributed by atoms with van der Waals surface area (Å²) in [6.45, 7) is 3.85. The Hall–Kier alpha value is -3.24. The molecule has 0 atom stereocenters. The molecule has 3 aromatic rings. The van der Waals surface area contributed by atoms with Crippen LogP contribution in [0.3, 0.4) is 0 Å². The lowest BCUT2D eigenvalue weighted by atomic mass is 10.1. The second kappa shape index (κ2) is 9.94. The van der Waals surface area contributed by atoms with Gasteiger partial charge in [-0.1, -0.05) is 19.1 Å². The van der Waals surface area contributed by atoms with Gasteiger partial charge in [-0.25, -0.2) is 13.4 Å². The average molecular weight is 484 g/mol. The van der Waals surface area contributed by atoms with Crippen LogP contribution in [0.25, 0.3) is 11.0 Å². The molecule has 10 heteroatoms. The number of benzene rings is 2. The lowest BCUT2D eigenvalue weighted by Crippen LogP contribution is -2.27. The molecular weight excluding hydrogens is 454 g/mol. The highest BCUT2D eigenvalue weighted by Crippen LogP contribution is 2.26. The van der Waals surface area contributed by atoms with Gasteiger partial charge in [-0.3, -0.25) is 9.59 Å². The van der Waals surface area contributed by atoms with E-state index in [1.54, 1.807) is 42.5 Å². The number of hydrogen-bond acceptors (Lipinski definition) is 5. The van der Waals surface area contributed by atoms with E-state index in [0.29, 0.717) is 43.1 Å². The number of primary amides is 1. The summed E-state index contributed by atoms with van der Waals surface area (Å²) in [5.41, 5.74) is 7.45. The molecule has 9 nitrogen and oxygen atoms in total. The van der Waals surface area contributed by atoms with Gasteiger partial charge in [0.15, 0.2) is 0 Å². The molecule has 180 valence electrons. The van der Waals surface area contributed by atoms with Crippen molar-refractivity contribution < 1.29 is 18.0 Å². The maximum Gasteiger partial charge on any atom is 0.250 e. The number of carbonyl (C=O) groups excluding carboxylic acids is 2. The van der Waals surface area contributed by atoms with Crippen LogP contribution in [0.2, 0.25) is 0 Å². The molecule has 0 aliphatic carbocycles. The number of hydrogen-bond donors (Lipinski definition) is 2. The van der Waals surface area contributed by atoms with Gasteiger partial charge in [-0.15, -0.1) is 0 Å². The highest BCUT2D eigenvalue weighted by molar-refractivity contribution is 7.89. The van der Waals surface area contributed by atoms with Crippen molar-refractivity contribution in [1.82, 2.24) is 13.9 Å². The van der Waals surface area contributed by atoms with Gasteiger partial charge in [0.25, 0.3) is 5.91 Å². The van der Waals surface area contributed by atoms with Crippen molar-refractivity contribution in [3.63, 3.8) is 0 Å². The molecule has 1 aromatic heterocycles. The molecule has 0 saturated carbocycles. The fourth-order valence-corrected chi connectivity index (χ4v) is 5.84. The molecule has 1 aliphatic heterocycles. The van der Waals surface area contributed by atoms with Gasteiger partial charge in [0.05, 0.1) is 27.2 Å². The summed E-state index contributed by atoms with van der Waals surface area (Å²) in [7, 11) is -3.54. The summed E-state index contributed by atoms with van der Waals surface area (Å²) >= 11 is 0. The number of sulfonamides is 1. The molecule has 0 radical (unpaired) electrons. The van der Waals surface area contributed by atoms with Crippen LogP contribution in [-0.4, -0.2) is 47.2 Å². The number of nitrogens with two attached hydrogens (primary N) is 1. The van der Waals surface area contributed by atoms with Crippen LogP contribution in [-0.2, 0) is 27.8 Å². The fourth-order valence-electron chi connectivity index (χ4n) is 4.31. The minimum atomic E-state index is -3.54. The van der Waals surface area contributed by atoms with Crippen molar-refractivity contribution in [1.29, 1.82) is 0 Å². The maximum atomic E-state index is 13.0. The van der Waals surface area contributed by atoms with Crippen LogP contribution in [0, 0.1) is 0 Å². The number of carbonyl (C=O) groups is 2. The number of aromatic nitrogens is 2. The summed E-state index contributed by atoms with van der Waals surface area (Å²) in [6.07, 6.45) is 3.14. The molecule has 34 heavy (non-hydrogen) atoms.